The molecule has 0 bridgehead atoms. The molecule has 202 valence electrons. The van der Waals surface area contributed by atoms with E-state index in [0.717, 1.165) is 23.2 Å². The molecule has 9 nitrogen and oxygen atoms in total. The maximum Gasteiger partial charge on any atom is 0.414 e. The first kappa shape index (κ1) is 26.2. The largest absolute Gasteiger partial charge is 0.481 e. The molecule has 1 saturated carbocycles. The quantitative estimate of drug-likeness (QED) is 0.490. The predicted octanol–water partition coefficient (Wildman–Crippen LogP) is 4.89. The molecule has 2 aliphatic rings. The van der Waals surface area contributed by atoms with Gasteiger partial charge in [0.05, 0.1) is 29.7 Å². The van der Waals surface area contributed by atoms with Crippen LogP contribution in [0.3, 0.4) is 0 Å². The van der Waals surface area contributed by atoms with E-state index in [1.165, 1.54) is 13.4 Å². The summed E-state index contributed by atoms with van der Waals surface area (Å²) in [5, 5.41) is 8.54. The molecule has 1 amide bonds. The van der Waals surface area contributed by atoms with Crippen LogP contribution < -0.4 is 4.90 Å². The number of amides is 1. The number of carbonyl (C=O) groups is 2. The summed E-state index contributed by atoms with van der Waals surface area (Å²) in [6.45, 7) is 1.98. The van der Waals surface area contributed by atoms with Gasteiger partial charge in [-0.05, 0) is 63.1 Å². The van der Waals surface area contributed by atoms with Crippen LogP contribution in [0.4, 0.5) is 10.5 Å². The molecule has 2 heterocycles. The Morgan fingerprint density at radius 2 is 1.74 bits per heavy atom. The maximum atomic E-state index is 13.3. The molecular weight excluding hydrogens is 506 g/mol. The second-order valence-corrected chi connectivity index (χ2v) is 12.6. The van der Waals surface area contributed by atoms with Gasteiger partial charge in [0, 0.05) is 23.9 Å². The first-order valence-corrected chi connectivity index (χ1v) is 14.9. The van der Waals surface area contributed by atoms with E-state index in [4.69, 9.17) is 9.72 Å². The smallest absolute Gasteiger partial charge is 0.414 e. The van der Waals surface area contributed by atoms with E-state index in [9.17, 15) is 23.1 Å². The Labute approximate surface area is 222 Å². The van der Waals surface area contributed by atoms with Crippen LogP contribution in [-0.2, 0) is 25.8 Å². The normalized spacial score (nSPS) is 22.6. The van der Waals surface area contributed by atoms with Gasteiger partial charge >= 0.3 is 12.1 Å². The lowest BCUT2D eigenvalue weighted by atomic mass is 9.85. The van der Waals surface area contributed by atoms with E-state index in [0.29, 0.717) is 49.0 Å². The molecule has 10 heteroatoms. The Kier molecular flexibility index (Phi) is 6.94. The Morgan fingerprint density at radius 1 is 1.05 bits per heavy atom. The lowest BCUT2D eigenvalue weighted by molar-refractivity contribution is -0.143. The number of hydrogen-bond donors (Lipinski definition) is 1. The number of ether oxygens (including phenoxy) is 1. The van der Waals surface area contributed by atoms with Gasteiger partial charge < -0.3 is 14.4 Å². The summed E-state index contributed by atoms with van der Waals surface area (Å²) in [4.78, 5) is 30.9. The van der Waals surface area contributed by atoms with Crippen molar-refractivity contribution in [3.8, 4) is 0 Å². The van der Waals surface area contributed by atoms with Gasteiger partial charge in [-0.1, -0.05) is 30.3 Å². The minimum Gasteiger partial charge on any atom is -0.481 e. The fourth-order valence-electron chi connectivity index (χ4n) is 6.16. The van der Waals surface area contributed by atoms with Crippen molar-refractivity contribution in [1.29, 1.82) is 0 Å². The maximum absolute atomic E-state index is 13.3. The van der Waals surface area contributed by atoms with Gasteiger partial charge in [-0.15, -0.1) is 0 Å². The summed E-state index contributed by atoms with van der Waals surface area (Å²) in [5.74, 6) is -0.750. The van der Waals surface area contributed by atoms with Crippen molar-refractivity contribution in [1.82, 2.24) is 9.55 Å². The van der Waals surface area contributed by atoms with E-state index in [1.807, 2.05) is 41.8 Å². The van der Waals surface area contributed by atoms with E-state index in [1.54, 1.807) is 17.0 Å². The van der Waals surface area contributed by atoms with Crippen LogP contribution in [0.1, 0.15) is 67.3 Å². The number of fused-ring (bicyclic) bond motifs is 3. The number of aromatic nitrogens is 2. The first-order valence-electron chi connectivity index (χ1n) is 13.0. The molecule has 1 aliphatic heterocycles. The van der Waals surface area contributed by atoms with E-state index in [-0.39, 0.29) is 12.1 Å². The van der Waals surface area contributed by atoms with Gasteiger partial charge in [0.2, 0.25) is 0 Å². The van der Waals surface area contributed by atoms with Crippen molar-refractivity contribution >= 4 is 38.6 Å². The minimum atomic E-state index is -3.62. The summed E-state index contributed by atoms with van der Waals surface area (Å²) < 4.78 is 33.7. The lowest BCUT2D eigenvalue weighted by Crippen LogP contribution is -2.42. The average molecular weight is 540 g/mol. The van der Waals surface area contributed by atoms with Crippen molar-refractivity contribution in [2.24, 2.45) is 5.92 Å². The topological polar surface area (TPSA) is 119 Å². The first-order chi connectivity index (χ1) is 18.1. The molecule has 2 atom stereocenters. The van der Waals surface area contributed by atoms with Crippen molar-refractivity contribution < 1.29 is 27.9 Å². The Balaban J connectivity index is 1.74. The van der Waals surface area contributed by atoms with Crippen molar-refractivity contribution in [2.45, 2.75) is 62.8 Å². The molecular formula is C28H33N3O6S. The third-order valence-electron chi connectivity index (χ3n) is 8.03. The number of anilines is 1. The van der Waals surface area contributed by atoms with Crippen LogP contribution in [0.5, 0.6) is 0 Å². The van der Waals surface area contributed by atoms with Gasteiger partial charge in [0.1, 0.15) is 11.1 Å². The monoisotopic (exact) mass is 539 g/mol. The van der Waals surface area contributed by atoms with Gasteiger partial charge in [-0.25, -0.2) is 18.2 Å². The molecule has 0 radical (unpaired) electrons. The zero-order chi connectivity index (χ0) is 27.2. The highest BCUT2D eigenvalue weighted by molar-refractivity contribution is 7.91. The van der Waals surface area contributed by atoms with Gasteiger partial charge in [-0.3, -0.25) is 9.69 Å². The third kappa shape index (κ3) is 4.55. The molecule has 0 spiro atoms. The summed E-state index contributed by atoms with van der Waals surface area (Å²) in [6.07, 6.45) is 4.47. The predicted molar refractivity (Wildman–Crippen MR) is 144 cm³/mol. The van der Waals surface area contributed by atoms with E-state index >= 15 is 0 Å². The fraction of sp³-hybridized carbons (Fsp3) is 0.464. The summed E-state index contributed by atoms with van der Waals surface area (Å²) in [7, 11) is -2.26. The Morgan fingerprint density at radius 3 is 2.34 bits per heavy atom. The van der Waals surface area contributed by atoms with Gasteiger partial charge in [0.15, 0.2) is 9.84 Å². The zero-order valence-corrected chi connectivity index (χ0v) is 22.6. The second kappa shape index (κ2) is 10.1. The molecule has 1 N–H and O–H groups in total. The van der Waals surface area contributed by atoms with Crippen LogP contribution in [0, 0.1) is 5.92 Å². The second-order valence-electron chi connectivity index (χ2n) is 10.5. The highest BCUT2D eigenvalue weighted by Gasteiger charge is 2.37. The number of carbonyl (C=O) groups excluding carboxylic acids is 1. The fourth-order valence-corrected chi connectivity index (χ4v) is 7.36. The van der Waals surface area contributed by atoms with Crippen LogP contribution in [0.2, 0.25) is 0 Å². The van der Waals surface area contributed by atoms with Crippen LogP contribution in [0.15, 0.2) is 42.5 Å². The number of rotatable bonds is 5. The van der Waals surface area contributed by atoms with Crippen LogP contribution >= 0.6 is 0 Å². The highest BCUT2D eigenvalue weighted by atomic mass is 32.2. The summed E-state index contributed by atoms with van der Waals surface area (Å²) in [6, 6.07) is 12.7. The van der Waals surface area contributed by atoms with Crippen LogP contribution in [-0.4, -0.2) is 54.5 Å². The molecule has 2 aromatic carbocycles. The number of hydrogen-bond acceptors (Lipinski definition) is 6. The molecule has 1 aromatic heterocycles. The number of benzene rings is 2. The number of nitrogens with zero attached hydrogens (tertiary/aromatic N) is 3. The van der Waals surface area contributed by atoms with E-state index in [2.05, 4.69) is 0 Å². The van der Waals surface area contributed by atoms with Crippen molar-refractivity contribution in [3.63, 3.8) is 0 Å². The van der Waals surface area contributed by atoms with Crippen LogP contribution in [0.25, 0.3) is 11.0 Å². The Bertz CT molecular complexity index is 1480. The van der Waals surface area contributed by atoms with Crippen molar-refractivity contribution in [3.05, 3.63) is 59.4 Å². The number of aliphatic carboxylic acids is 1. The number of carboxylic acid groups (broad SMARTS) is 1. The molecule has 1 fully saturated rings. The molecule has 5 rings (SSSR count). The summed E-state index contributed by atoms with van der Waals surface area (Å²) >= 11 is 0. The minimum absolute atomic E-state index is 0.0478. The third-order valence-corrected chi connectivity index (χ3v) is 9.37. The van der Waals surface area contributed by atoms with Gasteiger partial charge in [0.25, 0.3) is 0 Å². The molecule has 38 heavy (non-hydrogen) atoms. The number of methoxy groups -OCH3 is 1. The standard InChI is InChI=1S/C28H33N3O6S/c1-17-9-14-21-22(30(17)28(34)37-2)15-16-23-24(21)29-26(25(38(3,35)36)18-7-5-4-6-8-18)31(23)20-12-10-19(11-13-20)27(32)33/h4-8,15-17,19-20,25H,9-14H2,1-3H3,(H,32,33)/t17-,19-,20-,25+/m0/s1. The molecule has 0 unspecified atom stereocenters. The lowest BCUT2D eigenvalue weighted by Gasteiger charge is -2.34. The number of carboxylic acids is 1. The number of imidazole rings is 1. The zero-order valence-electron chi connectivity index (χ0n) is 21.8. The average Bonchev–Trinajstić information content (AvgIpc) is 3.27. The molecule has 3 aromatic rings. The van der Waals surface area contributed by atoms with Crippen molar-refractivity contribution in [2.75, 3.05) is 18.3 Å². The SMILES string of the molecule is COC(=O)N1c2ccc3c(nc([C@@H](c4ccccc4)S(C)(=O)=O)n3[C@H]3CC[C@H](C(=O)O)CC3)c2CC[C@@H]1C. The highest BCUT2D eigenvalue weighted by Crippen LogP contribution is 2.43. The Hall–Kier alpha value is -3.40. The van der Waals surface area contributed by atoms with E-state index < -0.39 is 33.1 Å². The molecule has 0 saturated heterocycles. The number of aryl methyl sites for hydroxylation is 1. The molecule has 1 aliphatic carbocycles. The summed E-state index contributed by atoms with van der Waals surface area (Å²) in [5.41, 5.74) is 3.74. The number of sulfone groups is 1. The van der Waals surface area contributed by atoms with Gasteiger partial charge in [-0.2, -0.15) is 0 Å².